The standard InChI is InChI=1S/C17H19FN4O2/c1-11-8-13(11)17(24)20-5-4-16(23)21-12-2-3-15(14(18)9-12)22-7-6-19-10-22/h2-3,6-7,9-11,13H,4-5,8H2,1H3,(H,20,24)(H,21,23). The number of carbonyl (C=O) groups excluding carboxylic acids is 2. The lowest BCUT2D eigenvalue weighted by molar-refractivity contribution is -0.122. The van der Waals surface area contributed by atoms with E-state index in [9.17, 15) is 14.0 Å². The molecule has 0 radical (unpaired) electrons. The Hall–Kier alpha value is -2.70. The number of amides is 2. The first-order valence-corrected chi connectivity index (χ1v) is 7.90. The Bertz CT molecular complexity index is 745. The van der Waals surface area contributed by atoms with Gasteiger partial charge in [-0.2, -0.15) is 0 Å². The van der Waals surface area contributed by atoms with Crippen molar-refractivity contribution in [3.8, 4) is 5.69 Å². The van der Waals surface area contributed by atoms with Crippen LogP contribution in [-0.4, -0.2) is 27.9 Å². The van der Waals surface area contributed by atoms with Crippen LogP contribution in [0.1, 0.15) is 19.8 Å². The number of hydrogen-bond donors (Lipinski definition) is 2. The van der Waals surface area contributed by atoms with Crippen LogP contribution in [0.3, 0.4) is 0 Å². The van der Waals surface area contributed by atoms with E-state index in [4.69, 9.17) is 0 Å². The molecule has 2 unspecified atom stereocenters. The lowest BCUT2D eigenvalue weighted by atomic mass is 10.2. The second kappa shape index (κ2) is 6.82. The van der Waals surface area contributed by atoms with Crippen molar-refractivity contribution in [1.29, 1.82) is 0 Å². The zero-order valence-electron chi connectivity index (χ0n) is 13.3. The van der Waals surface area contributed by atoms with Gasteiger partial charge in [0.1, 0.15) is 5.82 Å². The van der Waals surface area contributed by atoms with E-state index in [2.05, 4.69) is 15.6 Å². The first-order chi connectivity index (χ1) is 11.5. The fraction of sp³-hybridized carbons (Fsp3) is 0.353. The van der Waals surface area contributed by atoms with E-state index < -0.39 is 5.82 Å². The first-order valence-electron chi connectivity index (χ1n) is 7.90. The summed E-state index contributed by atoms with van der Waals surface area (Å²) in [7, 11) is 0. The maximum absolute atomic E-state index is 14.1. The number of halogens is 1. The second-order valence-electron chi connectivity index (χ2n) is 6.04. The number of imidazole rings is 1. The highest BCUT2D eigenvalue weighted by Crippen LogP contribution is 2.37. The second-order valence-corrected chi connectivity index (χ2v) is 6.04. The number of anilines is 1. The molecule has 2 atom stereocenters. The number of carbonyl (C=O) groups is 2. The highest BCUT2D eigenvalue weighted by Gasteiger charge is 2.38. The van der Waals surface area contributed by atoms with Crippen molar-refractivity contribution in [1.82, 2.24) is 14.9 Å². The Kier molecular flexibility index (Phi) is 4.59. The SMILES string of the molecule is CC1CC1C(=O)NCCC(=O)Nc1ccc(-n2ccnc2)c(F)c1. The minimum absolute atomic E-state index is 0.00558. The van der Waals surface area contributed by atoms with Crippen LogP contribution in [-0.2, 0) is 9.59 Å². The molecular formula is C17H19FN4O2. The van der Waals surface area contributed by atoms with Gasteiger partial charge in [0.2, 0.25) is 11.8 Å². The zero-order chi connectivity index (χ0) is 17.1. The van der Waals surface area contributed by atoms with Gasteiger partial charge < -0.3 is 15.2 Å². The molecule has 1 heterocycles. The topological polar surface area (TPSA) is 76.0 Å². The number of hydrogen-bond acceptors (Lipinski definition) is 3. The number of benzene rings is 1. The van der Waals surface area contributed by atoms with Crippen LogP contribution in [0.4, 0.5) is 10.1 Å². The van der Waals surface area contributed by atoms with Crippen molar-refractivity contribution in [2.45, 2.75) is 19.8 Å². The largest absolute Gasteiger partial charge is 0.355 e. The molecule has 1 aromatic heterocycles. The normalized spacial score (nSPS) is 18.9. The van der Waals surface area contributed by atoms with Gasteiger partial charge in [-0.1, -0.05) is 6.92 Å². The van der Waals surface area contributed by atoms with Crippen LogP contribution in [0.15, 0.2) is 36.9 Å². The number of nitrogens with zero attached hydrogens (tertiary/aromatic N) is 2. The molecule has 2 aromatic rings. The quantitative estimate of drug-likeness (QED) is 0.852. The third-order valence-electron chi connectivity index (χ3n) is 4.11. The maximum atomic E-state index is 14.1. The third kappa shape index (κ3) is 3.79. The Morgan fingerprint density at radius 3 is 2.83 bits per heavy atom. The fourth-order valence-corrected chi connectivity index (χ4v) is 2.54. The number of aromatic nitrogens is 2. The summed E-state index contributed by atoms with van der Waals surface area (Å²) in [6, 6.07) is 4.46. The summed E-state index contributed by atoms with van der Waals surface area (Å²) in [4.78, 5) is 27.4. The summed E-state index contributed by atoms with van der Waals surface area (Å²) in [6.45, 7) is 2.31. The van der Waals surface area contributed by atoms with Crippen molar-refractivity contribution in [3.05, 3.63) is 42.7 Å². The molecule has 1 aliphatic carbocycles. The van der Waals surface area contributed by atoms with E-state index in [-0.39, 0.29) is 30.7 Å². The first kappa shape index (κ1) is 16.2. The average Bonchev–Trinajstić information content (AvgIpc) is 3.05. The average molecular weight is 330 g/mol. The molecule has 1 fully saturated rings. The zero-order valence-corrected chi connectivity index (χ0v) is 13.3. The number of nitrogens with one attached hydrogen (secondary N) is 2. The molecule has 1 aliphatic rings. The van der Waals surface area contributed by atoms with Gasteiger partial charge >= 0.3 is 0 Å². The Labute approximate surface area is 139 Å². The fourth-order valence-electron chi connectivity index (χ4n) is 2.54. The highest BCUT2D eigenvalue weighted by molar-refractivity contribution is 5.91. The van der Waals surface area contributed by atoms with E-state index >= 15 is 0 Å². The van der Waals surface area contributed by atoms with Crippen LogP contribution >= 0.6 is 0 Å². The van der Waals surface area contributed by atoms with E-state index in [1.165, 1.54) is 12.4 Å². The summed E-state index contributed by atoms with van der Waals surface area (Å²) in [5.41, 5.74) is 0.736. The smallest absolute Gasteiger partial charge is 0.226 e. The van der Waals surface area contributed by atoms with E-state index in [0.717, 1.165) is 6.42 Å². The van der Waals surface area contributed by atoms with Crippen LogP contribution in [0.25, 0.3) is 5.69 Å². The van der Waals surface area contributed by atoms with Gasteiger partial charge in [-0.25, -0.2) is 9.37 Å². The van der Waals surface area contributed by atoms with Crippen molar-refractivity contribution < 1.29 is 14.0 Å². The summed E-state index contributed by atoms with van der Waals surface area (Å²) >= 11 is 0. The van der Waals surface area contributed by atoms with Gasteiger partial charge in [0.15, 0.2) is 0 Å². The van der Waals surface area contributed by atoms with Gasteiger partial charge in [-0.3, -0.25) is 9.59 Å². The monoisotopic (exact) mass is 330 g/mol. The molecule has 1 saturated carbocycles. The van der Waals surface area contributed by atoms with Crippen molar-refractivity contribution in [2.24, 2.45) is 11.8 Å². The van der Waals surface area contributed by atoms with E-state index in [1.807, 2.05) is 6.92 Å². The Balaban J connectivity index is 1.49. The van der Waals surface area contributed by atoms with Gasteiger partial charge in [0, 0.05) is 37.0 Å². The molecule has 3 rings (SSSR count). The van der Waals surface area contributed by atoms with Crippen LogP contribution < -0.4 is 10.6 Å². The maximum Gasteiger partial charge on any atom is 0.226 e. The molecule has 0 aliphatic heterocycles. The third-order valence-corrected chi connectivity index (χ3v) is 4.11. The molecule has 1 aromatic carbocycles. The predicted molar refractivity (Wildman–Crippen MR) is 87.0 cm³/mol. The molecule has 0 spiro atoms. The van der Waals surface area contributed by atoms with Crippen LogP contribution in [0, 0.1) is 17.7 Å². The molecule has 0 saturated heterocycles. The molecule has 6 nitrogen and oxygen atoms in total. The molecule has 2 amide bonds. The van der Waals surface area contributed by atoms with Gasteiger partial charge in [-0.15, -0.1) is 0 Å². The van der Waals surface area contributed by atoms with Crippen LogP contribution in [0.5, 0.6) is 0 Å². The Morgan fingerprint density at radius 2 is 2.21 bits per heavy atom. The lowest BCUT2D eigenvalue weighted by Crippen LogP contribution is -2.29. The molecule has 24 heavy (non-hydrogen) atoms. The van der Waals surface area contributed by atoms with Crippen molar-refractivity contribution in [3.63, 3.8) is 0 Å². The van der Waals surface area contributed by atoms with E-state index in [1.54, 1.807) is 29.1 Å². The van der Waals surface area contributed by atoms with Crippen LogP contribution in [0.2, 0.25) is 0 Å². The lowest BCUT2D eigenvalue weighted by Gasteiger charge is -2.09. The molecular weight excluding hydrogens is 311 g/mol. The molecule has 7 heteroatoms. The van der Waals surface area contributed by atoms with Gasteiger partial charge in [0.05, 0.1) is 12.0 Å². The summed E-state index contributed by atoms with van der Waals surface area (Å²) in [6.07, 6.45) is 5.77. The predicted octanol–water partition coefficient (Wildman–Crippen LogP) is 2.11. The van der Waals surface area contributed by atoms with Crippen molar-refractivity contribution >= 4 is 17.5 Å². The summed E-state index contributed by atoms with van der Waals surface area (Å²) in [5.74, 6) is -0.185. The van der Waals surface area contributed by atoms with Gasteiger partial charge in [0.25, 0.3) is 0 Å². The van der Waals surface area contributed by atoms with Crippen molar-refractivity contribution in [2.75, 3.05) is 11.9 Å². The minimum atomic E-state index is -0.457. The minimum Gasteiger partial charge on any atom is -0.355 e. The molecule has 2 N–H and O–H groups in total. The van der Waals surface area contributed by atoms with E-state index in [0.29, 0.717) is 17.3 Å². The summed E-state index contributed by atoms with van der Waals surface area (Å²) in [5, 5.41) is 5.37. The number of rotatable bonds is 6. The molecule has 126 valence electrons. The molecule has 0 bridgehead atoms. The van der Waals surface area contributed by atoms with Gasteiger partial charge in [-0.05, 0) is 30.5 Å². The highest BCUT2D eigenvalue weighted by atomic mass is 19.1. The Morgan fingerprint density at radius 1 is 1.42 bits per heavy atom. The summed E-state index contributed by atoms with van der Waals surface area (Å²) < 4.78 is 15.6.